The van der Waals surface area contributed by atoms with Crippen LogP contribution >= 0.6 is 0 Å². The van der Waals surface area contributed by atoms with E-state index in [-0.39, 0.29) is 87.1 Å². The van der Waals surface area contributed by atoms with Crippen LogP contribution in [0, 0.1) is 71.0 Å². The normalized spacial score (nSPS) is 33.1. The lowest BCUT2D eigenvalue weighted by Crippen LogP contribution is -2.54. The number of benzene rings is 3. The predicted octanol–water partition coefficient (Wildman–Crippen LogP) is 11.1. The highest BCUT2D eigenvalue weighted by molar-refractivity contribution is 5.50. The third-order valence-corrected chi connectivity index (χ3v) is 22.1. The molecule has 3 aromatic carbocycles. The van der Waals surface area contributed by atoms with Crippen molar-refractivity contribution in [1.82, 2.24) is 13.7 Å². The lowest BCUT2D eigenvalue weighted by molar-refractivity contribution is 0.133. The summed E-state index contributed by atoms with van der Waals surface area (Å²) < 4.78 is 3.60. The fourth-order valence-electron chi connectivity index (χ4n) is 16.4. The molecule has 6 aliphatic carbocycles. The molecule has 6 fully saturated rings. The van der Waals surface area contributed by atoms with Crippen molar-refractivity contribution in [1.29, 1.82) is 0 Å². The summed E-state index contributed by atoms with van der Waals surface area (Å²) in [5, 5.41) is 35.0. The van der Waals surface area contributed by atoms with Gasteiger partial charge in [-0.1, -0.05) is 80.5 Å². The van der Waals surface area contributed by atoms with E-state index in [9.17, 15) is 29.7 Å². The number of rotatable bonds is 9. The Morgan fingerprint density at radius 3 is 0.879 bits per heavy atom. The SMILES string of the molecule is Cc1cc(Cn2c(=O)n(Cc3cc(C)c(O)c(C4CC5CCC4(C)C5(C)C)c3)c(=O)n(Cc3cc(C)c(O)c(C4CC5CCC4(C)C5(C)C)c3)c2=O)cc(C2CC3CCC2(C)C3(C)C)c1O. The molecule has 10 rings (SSSR count). The van der Waals surface area contributed by atoms with Crippen molar-refractivity contribution < 1.29 is 15.3 Å². The third-order valence-electron chi connectivity index (χ3n) is 22.1. The minimum absolute atomic E-state index is 0.00434. The Morgan fingerprint density at radius 2 is 0.682 bits per heavy atom. The molecular weight excluding hydrogens is 823 g/mol. The zero-order valence-corrected chi connectivity index (χ0v) is 41.8. The third kappa shape index (κ3) is 5.97. The monoisotopic (exact) mass is 898 g/mol. The van der Waals surface area contributed by atoms with Gasteiger partial charge in [-0.3, -0.25) is 0 Å². The van der Waals surface area contributed by atoms with Crippen LogP contribution in [-0.4, -0.2) is 29.0 Å². The summed E-state index contributed by atoms with van der Waals surface area (Å²) in [5.41, 5.74) is 5.14. The number of phenolic OH excluding ortho intramolecular Hbond substituents is 3. The van der Waals surface area contributed by atoms with Crippen molar-refractivity contribution in [2.75, 3.05) is 0 Å². The van der Waals surface area contributed by atoms with Gasteiger partial charge >= 0.3 is 17.1 Å². The second kappa shape index (κ2) is 14.5. The molecule has 9 heteroatoms. The maximum Gasteiger partial charge on any atom is 0.336 e. The van der Waals surface area contributed by atoms with Crippen molar-refractivity contribution in [3.63, 3.8) is 0 Å². The number of nitrogens with zero attached hydrogens (tertiary/aromatic N) is 3. The zero-order valence-electron chi connectivity index (χ0n) is 41.8. The molecule has 9 unspecified atom stereocenters. The second-order valence-corrected chi connectivity index (χ2v) is 25.1. The molecule has 9 atom stereocenters. The van der Waals surface area contributed by atoms with Crippen molar-refractivity contribution in [2.24, 2.45) is 50.2 Å². The summed E-state index contributed by atoms with van der Waals surface area (Å²) in [4.78, 5) is 44.9. The van der Waals surface area contributed by atoms with Gasteiger partial charge in [-0.25, -0.2) is 28.1 Å². The van der Waals surface area contributed by atoms with Gasteiger partial charge in [0.1, 0.15) is 17.2 Å². The molecule has 354 valence electrons. The summed E-state index contributed by atoms with van der Waals surface area (Å²) >= 11 is 0. The summed E-state index contributed by atoms with van der Waals surface area (Å²) in [7, 11) is 0. The van der Waals surface area contributed by atoms with Crippen molar-refractivity contribution >= 4 is 0 Å². The van der Waals surface area contributed by atoms with Gasteiger partial charge in [0.2, 0.25) is 0 Å². The molecule has 66 heavy (non-hydrogen) atoms. The van der Waals surface area contributed by atoms with Crippen molar-refractivity contribution in [3.8, 4) is 17.2 Å². The molecule has 1 aromatic heterocycles. The number of aromatic nitrogens is 3. The Hall–Kier alpha value is -4.53. The second-order valence-electron chi connectivity index (χ2n) is 25.1. The Morgan fingerprint density at radius 1 is 0.439 bits per heavy atom. The zero-order chi connectivity index (χ0) is 47.6. The number of phenols is 3. The number of hydrogen-bond acceptors (Lipinski definition) is 6. The number of fused-ring (bicyclic) bond motifs is 6. The molecule has 6 saturated carbocycles. The van der Waals surface area contributed by atoms with E-state index in [2.05, 4.69) is 62.3 Å². The Bertz CT molecular complexity index is 2560. The number of aryl methyl sites for hydroxylation is 3. The molecule has 6 bridgehead atoms. The maximum absolute atomic E-state index is 15.0. The first-order valence-electron chi connectivity index (χ1n) is 25.2. The first-order valence-corrected chi connectivity index (χ1v) is 25.2. The fourth-order valence-corrected chi connectivity index (χ4v) is 16.4. The lowest BCUT2D eigenvalue weighted by Gasteiger charge is -2.40. The quantitative estimate of drug-likeness (QED) is 0.154. The van der Waals surface area contributed by atoms with Crippen LogP contribution < -0.4 is 17.1 Å². The molecule has 3 N–H and O–H groups in total. The minimum Gasteiger partial charge on any atom is -0.507 e. The highest BCUT2D eigenvalue weighted by atomic mass is 16.3. The fraction of sp³-hybridized carbons (Fsp3) is 0.632. The van der Waals surface area contributed by atoms with Crippen molar-refractivity contribution in [2.45, 2.75) is 178 Å². The molecule has 0 spiro atoms. The van der Waals surface area contributed by atoms with Gasteiger partial charge in [0, 0.05) is 0 Å². The van der Waals surface area contributed by atoms with Crippen LogP contribution in [-0.2, 0) is 19.6 Å². The summed E-state index contributed by atoms with van der Waals surface area (Å²) in [6, 6.07) is 11.6. The van der Waals surface area contributed by atoms with E-state index in [0.717, 1.165) is 71.9 Å². The topological polar surface area (TPSA) is 127 Å². The smallest absolute Gasteiger partial charge is 0.336 e. The molecule has 1 heterocycles. The average molecular weight is 898 g/mol. The summed E-state index contributed by atoms with van der Waals surface area (Å²) in [5.74, 6) is 2.91. The summed E-state index contributed by atoms with van der Waals surface area (Å²) in [6.07, 6.45) is 9.73. The Labute approximate surface area is 391 Å². The maximum atomic E-state index is 15.0. The first-order chi connectivity index (χ1) is 30.8. The van der Waals surface area contributed by atoms with Crippen LogP contribution in [0.15, 0.2) is 50.8 Å². The van der Waals surface area contributed by atoms with Crippen molar-refractivity contribution in [3.05, 3.63) is 118 Å². The van der Waals surface area contributed by atoms with E-state index < -0.39 is 17.1 Å². The lowest BCUT2D eigenvalue weighted by atomic mass is 9.64. The molecule has 0 amide bonds. The first kappa shape index (κ1) is 45.3. The van der Waals surface area contributed by atoms with Gasteiger partial charge in [0.05, 0.1) is 19.6 Å². The van der Waals surface area contributed by atoms with Gasteiger partial charge in [-0.05, 0) is 215 Å². The largest absolute Gasteiger partial charge is 0.507 e. The van der Waals surface area contributed by atoms with E-state index in [4.69, 9.17) is 0 Å². The van der Waals surface area contributed by atoms with E-state index in [1.54, 1.807) is 0 Å². The number of aromatic hydroxyl groups is 3. The van der Waals surface area contributed by atoms with Crippen LogP contribution in [0.2, 0.25) is 0 Å². The molecule has 0 aliphatic heterocycles. The molecule has 6 aliphatic rings. The van der Waals surface area contributed by atoms with Gasteiger partial charge < -0.3 is 15.3 Å². The van der Waals surface area contributed by atoms with E-state index >= 15 is 0 Å². The minimum atomic E-state index is -0.693. The Kier molecular flexibility index (Phi) is 9.94. The average Bonchev–Trinajstić information content (AvgIpc) is 3.91. The van der Waals surface area contributed by atoms with E-state index in [1.165, 1.54) is 33.0 Å². The predicted molar refractivity (Wildman–Crippen MR) is 261 cm³/mol. The molecule has 4 aromatic rings. The molecule has 9 nitrogen and oxygen atoms in total. The van der Waals surface area contributed by atoms with Crippen LogP contribution in [0.25, 0.3) is 0 Å². The highest BCUT2D eigenvalue weighted by Crippen LogP contribution is 2.74. The van der Waals surface area contributed by atoms with Gasteiger partial charge in [0.15, 0.2) is 0 Å². The van der Waals surface area contributed by atoms with Crippen LogP contribution in [0.4, 0.5) is 0 Å². The highest BCUT2D eigenvalue weighted by Gasteiger charge is 2.64. The Balaban J connectivity index is 1.09. The van der Waals surface area contributed by atoms with Crippen LogP contribution in [0.5, 0.6) is 17.2 Å². The standard InChI is InChI=1S/C57H75N3O6/c1-31-19-34(22-40(46(31)61)43-25-37-13-16-55(43,10)52(37,4)5)28-58-49(64)59(29-35-20-32(2)47(62)41(23-35)44-26-38-14-17-56(44,11)53(38,6)7)51(66)60(50(58)65)30-36-21-33(3)48(63)42(24-36)45-27-39-15-18-57(45,12)54(39,8)9/h19-24,37-39,43-45,61-63H,13-18,25-30H2,1-12H3. The van der Waals surface area contributed by atoms with Crippen LogP contribution in [0.1, 0.15) is 188 Å². The van der Waals surface area contributed by atoms with Crippen LogP contribution in [0.3, 0.4) is 0 Å². The van der Waals surface area contributed by atoms with E-state index in [0.29, 0.717) is 34.4 Å². The number of hydrogen-bond donors (Lipinski definition) is 3. The van der Waals surface area contributed by atoms with Gasteiger partial charge in [-0.2, -0.15) is 0 Å². The van der Waals surface area contributed by atoms with Gasteiger partial charge in [0.25, 0.3) is 0 Å². The molecule has 0 saturated heterocycles. The molecule has 0 radical (unpaired) electrons. The van der Waals surface area contributed by atoms with Gasteiger partial charge in [-0.15, -0.1) is 0 Å². The summed E-state index contributed by atoms with van der Waals surface area (Å²) in [6.45, 7) is 26.7. The molecular formula is C57H75N3O6. The van der Waals surface area contributed by atoms with E-state index in [1.807, 2.05) is 57.2 Å².